The molecule has 0 bridgehead atoms. The van der Waals surface area contributed by atoms with E-state index in [-0.39, 0.29) is 5.41 Å². The summed E-state index contributed by atoms with van der Waals surface area (Å²) in [7, 11) is -1.70. The van der Waals surface area contributed by atoms with Crippen molar-refractivity contribution in [2.45, 2.75) is 117 Å². The highest BCUT2D eigenvalue weighted by molar-refractivity contribution is 6.74. The van der Waals surface area contributed by atoms with Gasteiger partial charge in [0.25, 0.3) is 0 Å². The van der Waals surface area contributed by atoms with E-state index in [4.69, 9.17) is 4.43 Å². The lowest BCUT2D eigenvalue weighted by molar-refractivity contribution is -0.119. The highest BCUT2D eigenvalue weighted by Crippen LogP contribution is 2.67. The first kappa shape index (κ1) is 22.8. The minimum atomic E-state index is -1.70. The van der Waals surface area contributed by atoms with Crippen LogP contribution in [-0.4, -0.2) is 20.2 Å². The van der Waals surface area contributed by atoms with E-state index in [2.05, 4.69) is 60.7 Å². The molecule has 0 N–H and O–H groups in total. The molecule has 7 atom stereocenters. The lowest BCUT2D eigenvalue weighted by Gasteiger charge is -2.61. The Morgan fingerprint density at radius 1 is 1.03 bits per heavy atom. The third-order valence-corrected chi connectivity index (χ3v) is 15.4. The molecule has 4 aliphatic carbocycles. The van der Waals surface area contributed by atoms with Gasteiger partial charge in [-0.3, -0.25) is 4.79 Å². The molecule has 4 rings (SSSR count). The zero-order chi connectivity index (χ0) is 22.1. The second kappa shape index (κ2) is 7.30. The van der Waals surface area contributed by atoms with Gasteiger partial charge in [0.1, 0.15) is 0 Å². The molecule has 3 heteroatoms. The van der Waals surface area contributed by atoms with Crippen molar-refractivity contribution in [3.63, 3.8) is 0 Å². The minimum Gasteiger partial charge on any atom is -0.414 e. The second-order valence-corrected chi connectivity index (χ2v) is 18.0. The van der Waals surface area contributed by atoms with Crippen LogP contribution in [0.3, 0.4) is 0 Å². The molecule has 0 aromatic heterocycles. The molecule has 0 saturated heterocycles. The summed E-state index contributed by atoms with van der Waals surface area (Å²) in [5, 5.41) is 0.290. The highest BCUT2D eigenvalue weighted by Gasteiger charge is 2.60. The van der Waals surface area contributed by atoms with Crippen LogP contribution in [0.15, 0.2) is 11.6 Å². The fourth-order valence-corrected chi connectivity index (χ4v) is 9.47. The van der Waals surface area contributed by atoms with Crippen LogP contribution in [-0.2, 0) is 9.22 Å². The van der Waals surface area contributed by atoms with E-state index in [1.807, 2.05) is 0 Å². The summed E-state index contributed by atoms with van der Waals surface area (Å²) in [5.41, 5.74) is 1.77. The van der Waals surface area contributed by atoms with Gasteiger partial charge in [-0.2, -0.15) is 0 Å². The average Bonchev–Trinajstić information content (AvgIpc) is 2.90. The third-order valence-electron chi connectivity index (χ3n) is 10.9. The zero-order valence-corrected chi connectivity index (χ0v) is 21.9. The third kappa shape index (κ3) is 3.32. The molecule has 0 aromatic rings. The lowest BCUT2D eigenvalue weighted by atomic mass is 9.45. The number of hydrogen-bond acceptors (Lipinski definition) is 2. The van der Waals surface area contributed by atoms with E-state index in [1.165, 1.54) is 44.9 Å². The van der Waals surface area contributed by atoms with Gasteiger partial charge in [0, 0.05) is 12.5 Å². The number of carbonyl (C=O) groups excluding carboxylic acids is 1. The van der Waals surface area contributed by atoms with Crippen LogP contribution in [0.1, 0.15) is 92.9 Å². The number of ketones is 1. The van der Waals surface area contributed by atoms with Gasteiger partial charge in [0.15, 0.2) is 14.1 Å². The molecule has 4 saturated carbocycles. The molecule has 30 heavy (non-hydrogen) atoms. The summed E-state index contributed by atoms with van der Waals surface area (Å²) < 4.78 is 6.89. The Kier molecular flexibility index (Phi) is 5.54. The quantitative estimate of drug-likeness (QED) is 0.334. The van der Waals surface area contributed by atoms with Gasteiger partial charge in [-0.15, -0.1) is 0 Å². The maximum atomic E-state index is 12.8. The van der Waals surface area contributed by atoms with Crippen LogP contribution in [0, 0.1) is 34.5 Å². The summed E-state index contributed by atoms with van der Waals surface area (Å²) in [6, 6.07) is 0. The molecular weight excluding hydrogens is 384 g/mol. The predicted molar refractivity (Wildman–Crippen MR) is 128 cm³/mol. The predicted octanol–water partition coefficient (Wildman–Crippen LogP) is 7.54. The number of Topliss-reactive ketones (excluding diaryl/α,β-unsaturated/α-hetero) is 1. The first-order valence-electron chi connectivity index (χ1n) is 12.7. The van der Waals surface area contributed by atoms with E-state index in [9.17, 15) is 4.79 Å². The Labute approximate surface area is 186 Å². The molecule has 0 radical (unpaired) electrons. The van der Waals surface area contributed by atoms with Crippen LogP contribution >= 0.6 is 0 Å². The van der Waals surface area contributed by atoms with Gasteiger partial charge >= 0.3 is 0 Å². The summed E-state index contributed by atoms with van der Waals surface area (Å²) >= 11 is 0. The maximum absolute atomic E-state index is 12.8. The van der Waals surface area contributed by atoms with Crippen LogP contribution < -0.4 is 0 Å². The van der Waals surface area contributed by atoms with Crippen LogP contribution in [0.4, 0.5) is 0 Å². The number of hydrogen-bond donors (Lipinski definition) is 0. The fraction of sp³-hybridized carbons (Fsp3) is 0.889. The number of fused-ring (bicyclic) bond motifs is 5. The van der Waals surface area contributed by atoms with Crippen molar-refractivity contribution in [1.29, 1.82) is 0 Å². The Bertz CT molecular complexity index is 732. The number of allylic oxidation sites excluding steroid dienone is 2. The smallest absolute Gasteiger partial charge is 0.192 e. The summed E-state index contributed by atoms with van der Waals surface area (Å²) in [6.45, 7) is 19.0. The maximum Gasteiger partial charge on any atom is 0.192 e. The van der Waals surface area contributed by atoms with Gasteiger partial charge in [-0.1, -0.05) is 40.7 Å². The molecule has 0 aliphatic heterocycles. The number of carbonyl (C=O) groups is 1. The zero-order valence-electron chi connectivity index (χ0n) is 20.9. The molecule has 0 amide bonds. The molecule has 0 spiro atoms. The van der Waals surface area contributed by atoms with E-state index in [1.54, 1.807) is 0 Å². The van der Waals surface area contributed by atoms with Gasteiger partial charge in [-0.25, -0.2) is 0 Å². The first-order chi connectivity index (χ1) is 13.8. The second-order valence-electron chi connectivity index (χ2n) is 13.2. The molecule has 170 valence electrons. The van der Waals surface area contributed by atoms with Crippen molar-refractivity contribution in [3.8, 4) is 0 Å². The molecular formula is C27H46O2Si. The summed E-state index contributed by atoms with van der Waals surface area (Å²) in [6.07, 6.45) is 12.5. The monoisotopic (exact) mass is 430 g/mol. The Hall–Kier alpha value is -0.413. The molecule has 0 heterocycles. The van der Waals surface area contributed by atoms with Crippen LogP contribution in [0.2, 0.25) is 18.1 Å². The molecule has 0 aromatic carbocycles. The average molecular weight is 431 g/mol. The minimum absolute atomic E-state index is 0.152. The van der Waals surface area contributed by atoms with Crippen molar-refractivity contribution in [2.24, 2.45) is 34.5 Å². The van der Waals surface area contributed by atoms with Crippen LogP contribution in [0.5, 0.6) is 0 Å². The largest absolute Gasteiger partial charge is 0.414 e. The number of rotatable bonds is 2. The van der Waals surface area contributed by atoms with Gasteiger partial charge in [0.05, 0.1) is 0 Å². The molecule has 2 nitrogen and oxygen atoms in total. The molecule has 1 unspecified atom stereocenters. The van der Waals surface area contributed by atoms with Gasteiger partial charge < -0.3 is 4.43 Å². The van der Waals surface area contributed by atoms with Crippen LogP contribution in [0.25, 0.3) is 0 Å². The fourth-order valence-electron chi connectivity index (χ4n) is 8.07. The van der Waals surface area contributed by atoms with E-state index in [0.29, 0.717) is 28.3 Å². The highest BCUT2D eigenvalue weighted by atomic mass is 28.4. The first-order valence-corrected chi connectivity index (χ1v) is 15.6. The van der Waals surface area contributed by atoms with E-state index >= 15 is 0 Å². The Morgan fingerprint density at radius 2 is 1.73 bits per heavy atom. The normalized spacial score (nSPS) is 45.8. The van der Waals surface area contributed by atoms with Gasteiger partial charge in [0.2, 0.25) is 0 Å². The van der Waals surface area contributed by atoms with Crippen molar-refractivity contribution >= 4 is 14.1 Å². The van der Waals surface area contributed by atoms with Crippen molar-refractivity contribution in [2.75, 3.05) is 0 Å². The SMILES string of the molecule is CC=C1C(=O)C[C@H]2[C@@H]3CCC4C[C@@H](O[Si](C)(C)C(C)(C)C)CC[C@]4(C)[C@H]3CC[C@]12C. The van der Waals surface area contributed by atoms with Gasteiger partial charge in [-0.05, 0) is 110 Å². The van der Waals surface area contributed by atoms with E-state index < -0.39 is 8.32 Å². The molecule has 4 fully saturated rings. The standard InChI is InChI=1S/C27H46O2Si/c1-9-21-24(28)17-23-20-11-10-18-16-19(29-30(7,8)25(2,3)4)12-14-26(18,5)22(20)13-15-27(21,23)6/h9,18-20,22-23H,10-17H2,1-8H3/t18?,19-,20+,22-,23-,26-,27+/m0/s1. The lowest BCUT2D eigenvalue weighted by Crippen LogP contribution is -2.54. The van der Waals surface area contributed by atoms with E-state index in [0.717, 1.165) is 29.7 Å². The van der Waals surface area contributed by atoms with Crippen molar-refractivity contribution in [3.05, 3.63) is 11.6 Å². The molecule has 4 aliphatic rings. The Balaban J connectivity index is 1.51. The van der Waals surface area contributed by atoms with Crippen molar-refractivity contribution < 1.29 is 9.22 Å². The Morgan fingerprint density at radius 3 is 2.37 bits per heavy atom. The summed E-state index contributed by atoms with van der Waals surface area (Å²) in [5.74, 6) is 3.42. The van der Waals surface area contributed by atoms with Crippen molar-refractivity contribution in [1.82, 2.24) is 0 Å². The summed E-state index contributed by atoms with van der Waals surface area (Å²) in [4.78, 5) is 12.8. The topological polar surface area (TPSA) is 26.3 Å².